The lowest BCUT2D eigenvalue weighted by Crippen LogP contribution is -2.29. The SMILES string of the molecule is CCCNC(c1ccoc1CC)C(CC)CC. The van der Waals surface area contributed by atoms with Gasteiger partial charge >= 0.3 is 0 Å². The minimum atomic E-state index is 0.457. The summed E-state index contributed by atoms with van der Waals surface area (Å²) in [5, 5.41) is 3.69. The molecule has 0 aromatic carbocycles. The van der Waals surface area contributed by atoms with E-state index < -0.39 is 0 Å². The first-order valence-corrected chi connectivity index (χ1v) is 7.07. The molecule has 98 valence electrons. The Hall–Kier alpha value is -0.760. The van der Waals surface area contributed by atoms with Gasteiger partial charge in [0.25, 0.3) is 0 Å². The number of furan rings is 1. The third-order valence-electron chi connectivity index (χ3n) is 3.57. The highest BCUT2D eigenvalue weighted by atomic mass is 16.3. The summed E-state index contributed by atoms with van der Waals surface area (Å²) in [6, 6.07) is 2.60. The first-order valence-electron chi connectivity index (χ1n) is 7.07. The summed E-state index contributed by atoms with van der Waals surface area (Å²) in [5.41, 5.74) is 1.37. The molecule has 1 aromatic heterocycles. The Morgan fingerprint density at radius 1 is 1.18 bits per heavy atom. The second-order valence-corrected chi connectivity index (χ2v) is 4.66. The summed E-state index contributed by atoms with van der Waals surface area (Å²) in [4.78, 5) is 0. The first-order chi connectivity index (χ1) is 8.28. The van der Waals surface area contributed by atoms with Crippen molar-refractivity contribution in [3.05, 3.63) is 23.7 Å². The Kier molecular flexibility index (Phi) is 6.35. The molecule has 1 atom stereocenters. The molecule has 2 nitrogen and oxygen atoms in total. The molecule has 0 amide bonds. The van der Waals surface area contributed by atoms with Crippen LogP contribution in [0.2, 0.25) is 0 Å². The summed E-state index contributed by atoms with van der Waals surface area (Å²) in [6.45, 7) is 10.0. The monoisotopic (exact) mass is 237 g/mol. The number of hydrogen-bond acceptors (Lipinski definition) is 2. The smallest absolute Gasteiger partial charge is 0.108 e. The summed E-state index contributed by atoms with van der Waals surface area (Å²) in [5.74, 6) is 1.84. The number of aryl methyl sites for hydroxylation is 1. The fraction of sp³-hybridized carbons (Fsp3) is 0.733. The minimum Gasteiger partial charge on any atom is -0.469 e. The molecule has 0 bridgehead atoms. The lowest BCUT2D eigenvalue weighted by Gasteiger charge is -2.26. The van der Waals surface area contributed by atoms with Crippen LogP contribution in [0, 0.1) is 5.92 Å². The molecule has 0 spiro atoms. The molecule has 0 saturated heterocycles. The Morgan fingerprint density at radius 2 is 1.88 bits per heavy atom. The molecule has 1 aromatic rings. The lowest BCUT2D eigenvalue weighted by atomic mass is 9.88. The zero-order valence-electron chi connectivity index (χ0n) is 11.8. The van der Waals surface area contributed by atoms with Crippen molar-refractivity contribution >= 4 is 0 Å². The Bertz CT molecular complexity index is 302. The molecule has 2 heteroatoms. The summed E-state index contributed by atoms with van der Waals surface area (Å²) >= 11 is 0. The predicted molar refractivity (Wildman–Crippen MR) is 73.2 cm³/mol. The van der Waals surface area contributed by atoms with Crippen molar-refractivity contribution < 1.29 is 4.42 Å². The van der Waals surface area contributed by atoms with Gasteiger partial charge in [0.1, 0.15) is 5.76 Å². The predicted octanol–water partition coefficient (Wildman–Crippen LogP) is 4.32. The van der Waals surface area contributed by atoms with Crippen LogP contribution in [0.15, 0.2) is 16.7 Å². The molecular weight excluding hydrogens is 210 g/mol. The van der Waals surface area contributed by atoms with Gasteiger partial charge in [-0.2, -0.15) is 0 Å². The average molecular weight is 237 g/mol. The largest absolute Gasteiger partial charge is 0.469 e. The zero-order valence-corrected chi connectivity index (χ0v) is 11.8. The number of nitrogens with one attached hydrogen (secondary N) is 1. The van der Waals surface area contributed by atoms with E-state index in [0.717, 1.165) is 18.7 Å². The molecular formula is C15H27NO. The Morgan fingerprint density at radius 3 is 2.41 bits per heavy atom. The van der Waals surface area contributed by atoms with Gasteiger partial charge in [0.2, 0.25) is 0 Å². The van der Waals surface area contributed by atoms with Crippen LogP contribution in [0.5, 0.6) is 0 Å². The van der Waals surface area contributed by atoms with Gasteiger partial charge in [0.05, 0.1) is 6.26 Å². The first kappa shape index (κ1) is 14.3. The van der Waals surface area contributed by atoms with Crippen LogP contribution in [0.1, 0.15) is 64.3 Å². The van der Waals surface area contributed by atoms with Crippen molar-refractivity contribution in [1.82, 2.24) is 5.32 Å². The molecule has 0 aliphatic rings. The van der Waals surface area contributed by atoms with Gasteiger partial charge < -0.3 is 9.73 Å². The fourth-order valence-corrected chi connectivity index (χ4v) is 2.51. The van der Waals surface area contributed by atoms with Crippen molar-refractivity contribution in [2.24, 2.45) is 5.92 Å². The maximum atomic E-state index is 5.57. The molecule has 1 N–H and O–H groups in total. The quantitative estimate of drug-likeness (QED) is 0.728. The van der Waals surface area contributed by atoms with Crippen LogP contribution in [0.3, 0.4) is 0 Å². The highest BCUT2D eigenvalue weighted by Gasteiger charge is 2.23. The van der Waals surface area contributed by atoms with Crippen molar-refractivity contribution in [1.29, 1.82) is 0 Å². The highest BCUT2D eigenvalue weighted by Crippen LogP contribution is 2.30. The topological polar surface area (TPSA) is 25.2 Å². The van der Waals surface area contributed by atoms with Crippen molar-refractivity contribution in [2.45, 2.75) is 59.4 Å². The highest BCUT2D eigenvalue weighted by molar-refractivity contribution is 5.22. The van der Waals surface area contributed by atoms with E-state index >= 15 is 0 Å². The zero-order chi connectivity index (χ0) is 12.7. The molecule has 0 aliphatic heterocycles. The van der Waals surface area contributed by atoms with E-state index in [9.17, 15) is 0 Å². The second-order valence-electron chi connectivity index (χ2n) is 4.66. The van der Waals surface area contributed by atoms with E-state index in [1.54, 1.807) is 0 Å². The van der Waals surface area contributed by atoms with E-state index in [2.05, 4.69) is 39.1 Å². The van der Waals surface area contributed by atoms with Crippen LogP contribution >= 0.6 is 0 Å². The molecule has 0 fully saturated rings. The van der Waals surface area contributed by atoms with Crippen LogP contribution < -0.4 is 5.32 Å². The average Bonchev–Trinajstić information content (AvgIpc) is 2.82. The Balaban J connectivity index is 2.88. The molecule has 1 rings (SSSR count). The van der Waals surface area contributed by atoms with E-state index in [1.165, 1.54) is 24.8 Å². The van der Waals surface area contributed by atoms with Gasteiger partial charge in [0.15, 0.2) is 0 Å². The van der Waals surface area contributed by atoms with E-state index in [0.29, 0.717) is 12.0 Å². The van der Waals surface area contributed by atoms with Gasteiger partial charge in [-0.3, -0.25) is 0 Å². The maximum Gasteiger partial charge on any atom is 0.108 e. The van der Waals surface area contributed by atoms with Gasteiger partial charge in [-0.1, -0.05) is 40.5 Å². The van der Waals surface area contributed by atoms with Crippen LogP contribution in [0.4, 0.5) is 0 Å². The van der Waals surface area contributed by atoms with Gasteiger partial charge in [-0.15, -0.1) is 0 Å². The summed E-state index contributed by atoms with van der Waals surface area (Å²) in [6.07, 6.45) is 6.42. The van der Waals surface area contributed by atoms with Crippen molar-refractivity contribution in [3.63, 3.8) is 0 Å². The fourth-order valence-electron chi connectivity index (χ4n) is 2.51. The van der Waals surface area contributed by atoms with Gasteiger partial charge in [0, 0.05) is 18.0 Å². The molecule has 17 heavy (non-hydrogen) atoms. The van der Waals surface area contributed by atoms with E-state index in [4.69, 9.17) is 4.42 Å². The Labute approximate surface area is 106 Å². The molecule has 1 unspecified atom stereocenters. The summed E-state index contributed by atoms with van der Waals surface area (Å²) < 4.78 is 5.57. The van der Waals surface area contributed by atoms with Gasteiger partial charge in [-0.25, -0.2) is 0 Å². The van der Waals surface area contributed by atoms with Crippen LogP contribution in [-0.4, -0.2) is 6.54 Å². The third-order valence-corrected chi connectivity index (χ3v) is 3.57. The second kappa shape index (κ2) is 7.54. The minimum absolute atomic E-state index is 0.457. The third kappa shape index (κ3) is 3.60. The molecule has 0 saturated carbocycles. The van der Waals surface area contributed by atoms with Crippen molar-refractivity contribution in [3.8, 4) is 0 Å². The van der Waals surface area contributed by atoms with Crippen LogP contribution in [-0.2, 0) is 6.42 Å². The number of rotatable bonds is 8. The molecule has 1 heterocycles. The molecule has 0 aliphatic carbocycles. The normalized spacial score (nSPS) is 13.2. The lowest BCUT2D eigenvalue weighted by molar-refractivity contribution is 0.336. The van der Waals surface area contributed by atoms with Crippen molar-refractivity contribution in [2.75, 3.05) is 6.54 Å². The van der Waals surface area contributed by atoms with Crippen LogP contribution in [0.25, 0.3) is 0 Å². The van der Waals surface area contributed by atoms with E-state index in [-0.39, 0.29) is 0 Å². The maximum absolute atomic E-state index is 5.57. The summed E-state index contributed by atoms with van der Waals surface area (Å²) in [7, 11) is 0. The van der Waals surface area contributed by atoms with Gasteiger partial charge in [-0.05, 0) is 24.9 Å². The standard InChI is InChI=1S/C15H27NO/c1-5-10-16-15(12(6-2)7-3)13-9-11-17-14(13)8-4/h9,11-12,15-16H,5-8,10H2,1-4H3. The number of hydrogen-bond donors (Lipinski definition) is 1. The molecule has 0 radical (unpaired) electrons. The van der Waals surface area contributed by atoms with E-state index in [1.807, 2.05) is 6.26 Å².